The molecule has 1 atom stereocenters. The zero-order valence-corrected chi connectivity index (χ0v) is 12.1. The lowest BCUT2D eigenvalue weighted by molar-refractivity contribution is 0.165. The molecule has 0 bridgehead atoms. The first-order chi connectivity index (χ1) is 9.13. The highest BCUT2D eigenvalue weighted by Gasteiger charge is 2.08. The van der Waals surface area contributed by atoms with Gasteiger partial charge in [0.25, 0.3) is 0 Å². The molecule has 100 valence electrons. The summed E-state index contributed by atoms with van der Waals surface area (Å²) in [6, 6.07) is 14.8. The highest BCUT2D eigenvalue weighted by atomic mass is 79.9. The molecule has 1 N–H and O–H groups in total. The molecule has 0 fully saturated rings. The topological polar surface area (TPSA) is 20.2 Å². The second-order valence-electron chi connectivity index (χ2n) is 4.66. The highest BCUT2D eigenvalue weighted by Crippen LogP contribution is 2.17. The SMILES string of the molecule is OC(CCc1ccccc1)Cc1cc(F)cc(Br)c1. The first-order valence-corrected chi connectivity index (χ1v) is 7.10. The smallest absolute Gasteiger partial charge is 0.124 e. The van der Waals surface area contributed by atoms with Gasteiger partial charge in [-0.2, -0.15) is 0 Å². The van der Waals surface area contributed by atoms with Gasteiger partial charge in [-0.1, -0.05) is 46.3 Å². The number of aliphatic hydroxyl groups is 1. The highest BCUT2D eigenvalue weighted by molar-refractivity contribution is 9.10. The zero-order chi connectivity index (χ0) is 13.7. The Morgan fingerprint density at radius 3 is 2.47 bits per heavy atom. The van der Waals surface area contributed by atoms with E-state index in [1.807, 2.05) is 36.4 Å². The second kappa shape index (κ2) is 6.83. The lowest BCUT2D eigenvalue weighted by atomic mass is 10.0. The summed E-state index contributed by atoms with van der Waals surface area (Å²) < 4.78 is 13.9. The third-order valence-corrected chi connectivity index (χ3v) is 3.46. The molecule has 0 saturated heterocycles. The van der Waals surface area contributed by atoms with Crippen LogP contribution in [0.2, 0.25) is 0 Å². The van der Waals surface area contributed by atoms with Crippen molar-refractivity contribution in [1.29, 1.82) is 0 Å². The standard InChI is InChI=1S/C16H16BrFO/c17-14-8-13(9-15(18)11-14)10-16(19)7-6-12-4-2-1-3-5-12/h1-5,8-9,11,16,19H,6-7,10H2. The molecule has 2 aromatic rings. The van der Waals surface area contributed by atoms with Crippen LogP contribution in [0.15, 0.2) is 53.0 Å². The maximum absolute atomic E-state index is 13.2. The molecule has 0 heterocycles. The molecular weight excluding hydrogens is 307 g/mol. The van der Waals surface area contributed by atoms with Crippen molar-refractivity contribution in [1.82, 2.24) is 0 Å². The summed E-state index contributed by atoms with van der Waals surface area (Å²) in [5, 5.41) is 10.0. The van der Waals surface area contributed by atoms with E-state index < -0.39 is 6.10 Å². The zero-order valence-electron chi connectivity index (χ0n) is 10.5. The molecule has 2 aromatic carbocycles. The summed E-state index contributed by atoms with van der Waals surface area (Å²) in [4.78, 5) is 0. The van der Waals surface area contributed by atoms with Crippen LogP contribution in [0.5, 0.6) is 0 Å². The van der Waals surface area contributed by atoms with E-state index >= 15 is 0 Å². The van der Waals surface area contributed by atoms with Crippen LogP contribution in [0, 0.1) is 5.82 Å². The molecule has 3 heteroatoms. The normalized spacial score (nSPS) is 12.4. The fourth-order valence-electron chi connectivity index (χ4n) is 2.08. The number of aryl methyl sites for hydroxylation is 1. The minimum atomic E-state index is -0.450. The predicted molar refractivity (Wildman–Crippen MR) is 78.6 cm³/mol. The largest absolute Gasteiger partial charge is 0.393 e. The third kappa shape index (κ3) is 4.77. The molecule has 0 amide bonds. The van der Waals surface area contributed by atoms with Crippen LogP contribution in [-0.2, 0) is 12.8 Å². The first kappa shape index (κ1) is 14.2. The summed E-state index contributed by atoms with van der Waals surface area (Å²) in [6.45, 7) is 0. The molecule has 0 radical (unpaired) electrons. The molecule has 0 aromatic heterocycles. The van der Waals surface area contributed by atoms with Crippen molar-refractivity contribution < 1.29 is 9.50 Å². The van der Waals surface area contributed by atoms with Crippen molar-refractivity contribution in [2.24, 2.45) is 0 Å². The minimum Gasteiger partial charge on any atom is -0.393 e. The maximum atomic E-state index is 13.2. The van der Waals surface area contributed by atoms with Crippen LogP contribution in [0.3, 0.4) is 0 Å². The van der Waals surface area contributed by atoms with E-state index in [1.54, 1.807) is 0 Å². The Balaban J connectivity index is 1.89. The molecule has 19 heavy (non-hydrogen) atoms. The molecule has 0 aliphatic carbocycles. The van der Waals surface area contributed by atoms with Gasteiger partial charge in [-0.3, -0.25) is 0 Å². The van der Waals surface area contributed by atoms with Crippen LogP contribution < -0.4 is 0 Å². The third-order valence-electron chi connectivity index (χ3n) is 3.00. The average Bonchev–Trinajstić information content (AvgIpc) is 2.36. The van der Waals surface area contributed by atoms with E-state index in [4.69, 9.17) is 0 Å². The van der Waals surface area contributed by atoms with Gasteiger partial charge in [-0.05, 0) is 48.6 Å². The molecule has 0 saturated carbocycles. The van der Waals surface area contributed by atoms with Gasteiger partial charge in [0.15, 0.2) is 0 Å². The second-order valence-corrected chi connectivity index (χ2v) is 5.58. The molecule has 0 spiro atoms. The monoisotopic (exact) mass is 322 g/mol. The first-order valence-electron chi connectivity index (χ1n) is 6.30. The lowest BCUT2D eigenvalue weighted by Crippen LogP contribution is -2.11. The van der Waals surface area contributed by atoms with E-state index in [0.29, 0.717) is 17.3 Å². The van der Waals surface area contributed by atoms with Crippen molar-refractivity contribution >= 4 is 15.9 Å². The van der Waals surface area contributed by atoms with Gasteiger partial charge in [0, 0.05) is 4.47 Å². The van der Waals surface area contributed by atoms with Crippen molar-refractivity contribution in [3.63, 3.8) is 0 Å². The fraction of sp³-hybridized carbons (Fsp3) is 0.250. The number of hydrogen-bond donors (Lipinski definition) is 1. The Labute approximate surface area is 121 Å². The van der Waals surface area contributed by atoms with Gasteiger partial charge in [0.1, 0.15) is 5.82 Å². The van der Waals surface area contributed by atoms with Crippen LogP contribution in [-0.4, -0.2) is 11.2 Å². The number of aliphatic hydroxyl groups excluding tert-OH is 1. The van der Waals surface area contributed by atoms with Crippen molar-refractivity contribution in [2.45, 2.75) is 25.4 Å². The number of hydrogen-bond acceptors (Lipinski definition) is 1. The van der Waals surface area contributed by atoms with Gasteiger partial charge in [-0.15, -0.1) is 0 Å². The quantitative estimate of drug-likeness (QED) is 0.877. The van der Waals surface area contributed by atoms with Crippen molar-refractivity contribution in [3.8, 4) is 0 Å². The van der Waals surface area contributed by atoms with Crippen LogP contribution in [0.25, 0.3) is 0 Å². The van der Waals surface area contributed by atoms with Gasteiger partial charge < -0.3 is 5.11 Å². The fourth-order valence-corrected chi connectivity index (χ4v) is 2.59. The summed E-state index contributed by atoms with van der Waals surface area (Å²) in [5.74, 6) is -0.278. The number of benzene rings is 2. The molecule has 1 nitrogen and oxygen atoms in total. The Morgan fingerprint density at radius 1 is 1.05 bits per heavy atom. The maximum Gasteiger partial charge on any atom is 0.124 e. The van der Waals surface area contributed by atoms with E-state index in [0.717, 1.165) is 12.0 Å². The summed E-state index contributed by atoms with van der Waals surface area (Å²) >= 11 is 3.26. The van der Waals surface area contributed by atoms with Gasteiger partial charge >= 0.3 is 0 Å². The van der Waals surface area contributed by atoms with E-state index in [9.17, 15) is 9.50 Å². The van der Waals surface area contributed by atoms with Gasteiger partial charge in [0.05, 0.1) is 6.10 Å². The average molecular weight is 323 g/mol. The summed E-state index contributed by atoms with van der Waals surface area (Å²) in [7, 11) is 0. The minimum absolute atomic E-state index is 0.278. The lowest BCUT2D eigenvalue weighted by Gasteiger charge is -2.11. The molecule has 1 unspecified atom stereocenters. The Kier molecular flexibility index (Phi) is 5.11. The van der Waals surface area contributed by atoms with E-state index in [1.165, 1.54) is 17.7 Å². The van der Waals surface area contributed by atoms with E-state index in [2.05, 4.69) is 15.9 Å². The number of halogens is 2. The molecular formula is C16H16BrFO. The van der Waals surface area contributed by atoms with Gasteiger partial charge in [-0.25, -0.2) is 4.39 Å². The van der Waals surface area contributed by atoms with Crippen molar-refractivity contribution in [3.05, 3.63) is 69.9 Å². The van der Waals surface area contributed by atoms with E-state index in [-0.39, 0.29) is 5.82 Å². The predicted octanol–water partition coefficient (Wildman–Crippen LogP) is 4.12. The molecule has 0 aliphatic heterocycles. The Hall–Kier alpha value is -1.19. The van der Waals surface area contributed by atoms with Crippen molar-refractivity contribution in [2.75, 3.05) is 0 Å². The van der Waals surface area contributed by atoms with Crippen LogP contribution in [0.1, 0.15) is 17.5 Å². The van der Waals surface area contributed by atoms with Gasteiger partial charge in [0.2, 0.25) is 0 Å². The Morgan fingerprint density at radius 2 is 1.79 bits per heavy atom. The number of rotatable bonds is 5. The molecule has 2 rings (SSSR count). The molecule has 0 aliphatic rings. The Bertz CT molecular complexity index is 507. The summed E-state index contributed by atoms with van der Waals surface area (Å²) in [6.07, 6.45) is 1.54. The summed E-state index contributed by atoms with van der Waals surface area (Å²) in [5.41, 5.74) is 2.02. The van der Waals surface area contributed by atoms with Crippen LogP contribution >= 0.6 is 15.9 Å². The van der Waals surface area contributed by atoms with Crippen LogP contribution in [0.4, 0.5) is 4.39 Å².